The highest BCUT2D eigenvalue weighted by molar-refractivity contribution is 7.93. The summed E-state index contributed by atoms with van der Waals surface area (Å²) in [4.78, 5) is 28.8. The number of aliphatic hydroxyl groups excluding tert-OH is 1. The van der Waals surface area contributed by atoms with Gasteiger partial charge in [0.2, 0.25) is 20.7 Å². The average molecular weight is 620 g/mol. The van der Waals surface area contributed by atoms with Crippen molar-refractivity contribution in [2.24, 2.45) is 34.8 Å². The van der Waals surface area contributed by atoms with Crippen LogP contribution in [0.15, 0.2) is 71.9 Å². The third kappa shape index (κ3) is 4.48. The summed E-state index contributed by atoms with van der Waals surface area (Å²) in [5.74, 6) is -1.25. The summed E-state index contributed by atoms with van der Waals surface area (Å²) < 4.78 is 35.0. The fourth-order valence-electron chi connectivity index (χ4n) is 8.29. The van der Waals surface area contributed by atoms with Crippen molar-refractivity contribution in [2.75, 3.05) is 11.9 Å². The standard InChI is InChI=1S/C31H33N5O7S/c32-28(38)24-3-1-2-7-31(24,43-22-11-19-6-8-33-29(19)34-16-22)44(41,42)23-4-5-25(26(12-23)36(39)40)35-17-30-13-18-9-20(14-30)27(37)21(10-18)15-30/h1-8,11-12,16,18,20-21,24,27,35,37H,9-10,13-15,17H2,(H2,32,38)(H,33,34). The molecule has 4 bridgehead atoms. The zero-order chi connectivity index (χ0) is 30.9. The first-order valence-electron chi connectivity index (χ1n) is 14.7. The lowest BCUT2D eigenvalue weighted by molar-refractivity contribution is -0.384. The van der Waals surface area contributed by atoms with Gasteiger partial charge in [0, 0.05) is 24.2 Å². The highest BCUT2D eigenvalue weighted by Gasteiger charge is 2.56. The molecule has 13 heteroatoms. The number of allylic oxidation sites excluding steroid dienone is 2. The smallest absolute Gasteiger partial charge is 0.293 e. The van der Waals surface area contributed by atoms with Gasteiger partial charge in [-0.2, -0.15) is 0 Å². The van der Waals surface area contributed by atoms with E-state index < -0.39 is 42.1 Å². The first kappa shape index (κ1) is 28.5. The van der Waals surface area contributed by atoms with Crippen LogP contribution in [0.4, 0.5) is 11.4 Å². The summed E-state index contributed by atoms with van der Waals surface area (Å²) in [5.41, 5.74) is 5.99. The minimum atomic E-state index is -4.64. The van der Waals surface area contributed by atoms with Gasteiger partial charge in [0.15, 0.2) is 0 Å². The van der Waals surface area contributed by atoms with E-state index in [0.717, 1.165) is 38.2 Å². The molecule has 8 rings (SSSR count). The van der Waals surface area contributed by atoms with Gasteiger partial charge < -0.3 is 25.9 Å². The SMILES string of the molecule is NC(=O)C1C=CC=CC1(Oc1cnc2[nH]ccc2c1)S(=O)(=O)c1ccc(NCC23CC4CC(C2)C(O)C(C4)C3)c([N+](=O)[O-])c1. The molecule has 5 aliphatic rings. The second-order valence-electron chi connectivity index (χ2n) is 12.8. The molecule has 12 nitrogen and oxygen atoms in total. The summed E-state index contributed by atoms with van der Waals surface area (Å²) >= 11 is 0. The van der Waals surface area contributed by atoms with Gasteiger partial charge in [-0.05, 0) is 85.6 Å². The number of pyridine rings is 1. The molecule has 4 unspecified atom stereocenters. The normalized spacial score (nSPS) is 32.2. The zero-order valence-electron chi connectivity index (χ0n) is 23.8. The lowest BCUT2D eigenvalue weighted by Gasteiger charge is -2.59. The third-order valence-corrected chi connectivity index (χ3v) is 12.2. The number of rotatable bonds is 9. The van der Waals surface area contributed by atoms with E-state index in [4.69, 9.17) is 10.5 Å². The van der Waals surface area contributed by atoms with Crippen molar-refractivity contribution < 1.29 is 28.0 Å². The van der Waals surface area contributed by atoms with E-state index in [-0.39, 0.29) is 34.8 Å². The summed E-state index contributed by atoms with van der Waals surface area (Å²) in [6, 6.07) is 7.00. The largest absolute Gasteiger partial charge is 0.464 e. The molecule has 4 fully saturated rings. The number of nitrogens with one attached hydrogen (secondary N) is 2. The Morgan fingerprint density at radius 1 is 1.18 bits per heavy atom. The second kappa shape index (κ2) is 10.2. The van der Waals surface area contributed by atoms with Crippen molar-refractivity contribution in [1.29, 1.82) is 0 Å². The third-order valence-electron chi connectivity index (χ3n) is 10.0. The molecule has 4 saturated carbocycles. The number of fused-ring (bicyclic) bond motifs is 1. The zero-order valence-corrected chi connectivity index (χ0v) is 24.6. The van der Waals surface area contributed by atoms with E-state index >= 15 is 0 Å². The molecule has 44 heavy (non-hydrogen) atoms. The molecule has 1 amide bonds. The molecule has 4 atom stereocenters. The van der Waals surface area contributed by atoms with Crippen LogP contribution in [0, 0.1) is 39.2 Å². The van der Waals surface area contributed by atoms with E-state index in [9.17, 15) is 28.4 Å². The first-order chi connectivity index (χ1) is 21.0. The highest BCUT2D eigenvalue weighted by atomic mass is 32.2. The van der Waals surface area contributed by atoms with E-state index in [0.29, 0.717) is 23.5 Å². The number of nitro benzene ring substituents is 1. The van der Waals surface area contributed by atoms with Gasteiger partial charge in [0.05, 0.1) is 22.1 Å². The lowest BCUT2D eigenvalue weighted by Crippen LogP contribution is -2.55. The van der Waals surface area contributed by atoms with Crippen LogP contribution in [0.3, 0.4) is 0 Å². The number of hydrogen-bond donors (Lipinski definition) is 4. The number of aromatic amines is 1. The molecule has 230 valence electrons. The number of primary amides is 1. The second-order valence-corrected chi connectivity index (χ2v) is 14.9. The number of H-pyrrole nitrogens is 1. The summed E-state index contributed by atoms with van der Waals surface area (Å²) in [5, 5.41) is 26.8. The van der Waals surface area contributed by atoms with Crippen LogP contribution in [-0.2, 0) is 14.6 Å². The molecule has 0 aliphatic heterocycles. The number of aliphatic hydroxyl groups is 1. The van der Waals surface area contributed by atoms with Crippen LogP contribution in [-0.4, -0.2) is 51.9 Å². The van der Waals surface area contributed by atoms with Gasteiger partial charge in [-0.15, -0.1) is 0 Å². The maximum absolute atomic E-state index is 14.4. The molecular weight excluding hydrogens is 586 g/mol. The minimum absolute atomic E-state index is 0.0607. The number of ether oxygens (including phenoxy) is 1. The molecule has 0 spiro atoms. The van der Waals surface area contributed by atoms with Crippen LogP contribution in [0.1, 0.15) is 32.1 Å². The number of hydrogen-bond acceptors (Lipinski definition) is 9. The number of amides is 1. The van der Waals surface area contributed by atoms with E-state index in [1.54, 1.807) is 18.3 Å². The Morgan fingerprint density at radius 3 is 2.68 bits per heavy atom. The molecular formula is C31H33N5O7S. The number of anilines is 1. The lowest BCUT2D eigenvalue weighted by atomic mass is 9.48. The monoisotopic (exact) mass is 619 g/mol. The maximum Gasteiger partial charge on any atom is 0.293 e. The van der Waals surface area contributed by atoms with Crippen LogP contribution < -0.4 is 15.8 Å². The quantitative estimate of drug-likeness (QED) is 0.204. The topological polar surface area (TPSA) is 191 Å². The summed E-state index contributed by atoms with van der Waals surface area (Å²) in [7, 11) is -4.64. The van der Waals surface area contributed by atoms with Crippen molar-refractivity contribution in [3.8, 4) is 5.75 Å². The van der Waals surface area contributed by atoms with Crippen LogP contribution >= 0.6 is 0 Å². The molecule has 0 radical (unpaired) electrons. The predicted octanol–water partition coefficient (Wildman–Crippen LogP) is 3.85. The number of carbonyl (C=O) groups excluding carboxylic acids is 1. The summed E-state index contributed by atoms with van der Waals surface area (Å²) in [6.45, 7) is 0.495. The fraction of sp³-hybridized carbons (Fsp3) is 0.419. The Kier molecular flexibility index (Phi) is 6.59. The highest BCUT2D eigenvalue weighted by Crippen LogP contribution is 2.60. The Labute approximate surface area is 253 Å². The number of sulfone groups is 1. The van der Waals surface area contributed by atoms with Gasteiger partial charge >= 0.3 is 0 Å². The maximum atomic E-state index is 14.4. The van der Waals surface area contributed by atoms with Crippen LogP contribution in [0.5, 0.6) is 5.75 Å². The Balaban J connectivity index is 1.23. The van der Waals surface area contributed by atoms with Gasteiger partial charge in [-0.1, -0.05) is 18.2 Å². The van der Waals surface area contributed by atoms with Crippen molar-refractivity contribution in [3.63, 3.8) is 0 Å². The van der Waals surface area contributed by atoms with Crippen molar-refractivity contribution in [1.82, 2.24) is 9.97 Å². The van der Waals surface area contributed by atoms with E-state index in [1.807, 2.05) is 0 Å². The van der Waals surface area contributed by atoms with E-state index in [1.165, 1.54) is 42.6 Å². The Hall–Kier alpha value is -4.23. The molecule has 0 saturated heterocycles. The minimum Gasteiger partial charge on any atom is -0.464 e. The van der Waals surface area contributed by atoms with Gasteiger partial charge in [0.1, 0.15) is 23.0 Å². The number of aromatic nitrogens is 2. The number of nitrogens with zero attached hydrogens (tertiary/aromatic N) is 2. The van der Waals surface area contributed by atoms with Crippen molar-refractivity contribution >= 4 is 38.2 Å². The number of nitro groups is 1. The van der Waals surface area contributed by atoms with Gasteiger partial charge in [0.25, 0.3) is 5.69 Å². The number of benzene rings is 1. The molecule has 5 aliphatic carbocycles. The summed E-state index contributed by atoms with van der Waals surface area (Å²) in [6.07, 6.45) is 13.0. The van der Waals surface area contributed by atoms with Crippen LogP contribution in [0.2, 0.25) is 0 Å². The Morgan fingerprint density at radius 2 is 1.95 bits per heavy atom. The first-order valence-corrected chi connectivity index (χ1v) is 16.2. The van der Waals surface area contributed by atoms with Crippen LogP contribution in [0.25, 0.3) is 11.0 Å². The van der Waals surface area contributed by atoms with Crippen molar-refractivity contribution in [2.45, 2.75) is 48.0 Å². The molecule has 2 aromatic heterocycles. The molecule has 1 aromatic carbocycles. The van der Waals surface area contributed by atoms with Gasteiger partial charge in [-0.3, -0.25) is 14.9 Å². The van der Waals surface area contributed by atoms with Gasteiger partial charge in [-0.25, -0.2) is 13.4 Å². The Bertz CT molecular complexity index is 1820. The van der Waals surface area contributed by atoms with E-state index in [2.05, 4.69) is 15.3 Å². The average Bonchev–Trinajstić information content (AvgIpc) is 3.46. The molecule has 2 heterocycles. The number of carbonyl (C=O) groups is 1. The predicted molar refractivity (Wildman–Crippen MR) is 161 cm³/mol. The van der Waals surface area contributed by atoms with Crippen molar-refractivity contribution in [3.05, 3.63) is 77.1 Å². The molecule has 3 aromatic rings. The fourth-order valence-corrected chi connectivity index (χ4v) is 10.2. The molecule has 5 N–H and O–H groups in total. The number of nitrogens with two attached hydrogens (primary N) is 1.